The Bertz CT molecular complexity index is 635. The first-order valence-corrected chi connectivity index (χ1v) is 9.76. The lowest BCUT2D eigenvalue weighted by Gasteiger charge is -2.51. The van der Waals surface area contributed by atoms with Crippen LogP contribution in [0.3, 0.4) is 0 Å². The van der Waals surface area contributed by atoms with Gasteiger partial charge in [0.2, 0.25) is 0 Å². The van der Waals surface area contributed by atoms with Crippen molar-refractivity contribution in [2.45, 2.75) is 64.1 Å². The van der Waals surface area contributed by atoms with Gasteiger partial charge in [-0.3, -0.25) is 9.83 Å². The van der Waals surface area contributed by atoms with Gasteiger partial charge in [-0.1, -0.05) is 36.4 Å². The first-order valence-electron chi connectivity index (χ1n) is 9.76. The Balaban J connectivity index is 1.72. The number of nitrogens with zero attached hydrogens (tertiary/aromatic N) is 3. The van der Waals surface area contributed by atoms with Crippen molar-refractivity contribution >= 4 is 5.84 Å². The largest absolute Gasteiger partial charge is 0.350 e. The zero-order chi connectivity index (χ0) is 18.8. The number of hydrogen-bond acceptors (Lipinski definition) is 4. The molecule has 1 fully saturated rings. The van der Waals surface area contributed by atoms with E-state index in [1.165, 1.54) is 19.3 Å². The summed E-state index contributed by atoms with van der Waals surface area (Å²) in [4.78, 5) is 13.7. The van der Waals surface area contributed by atoms with Gasteiger partial charge in [0, 0.05) is 29.7 Å². The molecule has 1 aromatic carbocycles. The van der Waals surface area contributed by atoms with E-state index in [-0.39, 0.29) is 17.1 Å². The molecule has 142 valence electrons. The Morgan fingerprint density at radius 1 is 1.15 bits per heavy atom. The molecule has 1 unspecified atom stereocenters. The molecule has 2 aliphatic heterocycles. The van der Waals surface area contributed by atoms with Crippen molar-refractivity contribution < 1.29 is 4.84 Å². The van der Waals surface area contributed by atoms with Gasteiger partial charge in [-0.15, -0.1) is 6.58 Å². The second kappa shape index (κ2) is 7.53. The molecule has 2 aliphatic rings. The van der Waals surface area contributed by atoms with E-state index >= 15 is 0 Å². The zero-order valence-corrected chi connectivity index (χ0v) is 16.7. The summed E-state index contributed by atoms with van der Waals surface area (Å²) < 4.78 is 0. The third kappa shape index (κ3) is 4.02. The number of amidine groups is 1. The van der Waals surface area contributed by atoms with E-state index in [4.69, 9.17) is 9.83 Å². The summed E-state index contributed by atoms with van der Waals surface area (Å²) in [5.41, 5.74) is 1.29. The molecule has 26 heavy (non-hydrogen) atoms. The number of rotatable bonds is 6. The van der Waals surface area contributed by atoms with Crippen LogP contribution >= 0.6 is 0 Å². The van der Waals surface area contributed by atoms with Gasteiger partial charge in [0.15, 0.2) is 0 Å². The Morgan fingerprint density at radius 3 is 2.42 bits per heavy atom. The van der Waals surface area contributed by atoms with Gasteiger partial charge >= 0.3 is 0 Å². The molecular weight excluding hydrogens is 322 g/mol. The van der Waals surface area contributed by atoms with E-state index < -0.39 is 0 Å². The molecular formula is C22H33N3O. The highest BCUT2D eigenvalue weighted by Gasteiger charge is 2.43. The minimum atomic E-state index is 0.0626. The summed E-state index contributed by atoms with van der Waals surface area (Å²) in [6.45, 7) is 15.3. The Labute approximate surface area is 158 Å². The second-order valence-corrected chi connectivity index (χ2v) is 8.73. The molecule has 4 nitrogen and oxygen atoms in total. The van der Waals surface area contributed by atoms with Gasteiger partial charge in [-0.05, 0) is 47.0 Å². The van der Waals surface area contributed by atoms with E-state index in [1.807, 2.05) is 12.1 Å². The van der Waals surface area contributed by atoms with Crippen molar-refractivity contribution in [2.24, 2.45) is 4.99 Å². The molecule has 0 N–H and O–H groups in total. The van der Waals surface area contributed by atoms with Gasteiger partial charge < -0.3 is 4.90 Å². The lowest BCUT2D eigenvalue weighted by Crippen LogP contribution is -2.58. The van der Waals surface area contributed by atoms with Gasteiger partial charge in [-0.25, -0.2) is 0 Å². The van der Waals surface area contributed by atoms with Crippen LogP contribution in [0.15, 0.2) is 48.0 Å². The van der Waals surface area contributed by atoms with Gasteiger partial charge in [0.05, 0.1) is 12.6 Å². The fourth-order valence-corrected chi connectivity index (χ4v) is 4.37. The summed E-state index contributed by atoms with van der Waals surface area (Å²) in [6.07, 6.45) is 5.54. The highest BCUT2D eigenvalue weighted by Crippen LogP contribution is 2.38. The normalized spacial score (nSPS) is 25.2. The molecule has 4 heteroatoms. The Kier molecular flexibility index (Phi) is 5.54. The van der Waals surface area contributed by atoms with Gasteiger partial charge in [-0.2, -0.15) is 5.06 Å². The summed E-state index contributed by atoms with van der Waals surface area (Å²) in [6, 6.07) is 10.6. The van der Waals surface area contributed by atoms with Crippen molar-refractivity contribution in [3.8, 4) is 0 Å². The third-order valence-electron chi connectivity index (χ3n) is 5.49. The SMILES string of the molecule is C=CCN1CC(CON2C(C)(C)CCCC2(C)C)N=C1c1ccccc1. The van der Waals surface area contributed by atoms with E-state index in [2.05, 4.69) is 68.5 Å². The van der Waals surface area contributed by atoms with Gasteiger partial charge in [0.1, 0.15) is 5.84 Å². The second-order valence-electron chi connectivity index (χ2n) is 8.73. The molecule has 0 radical (unpaired) electrons. The van der Waals surface area contributed by atoms with Crippen LogP contribution in [0.1, 0.15) is 52.5 Å². The predicted molar refractivity (Wildman–Crippen MR) is 108 cm³/mol. The molecule has 1 saturated heterocycles. The van der Waals surface area contributed by atoms with Crippen molar-refractivity contribution in [1.29, 1.82) is 0 Å². The maximum absolute atomic E-state index is 6.38. The highest BCUT2D eigenvalue weighted by molar-refractivity contribution is 6.00. The quantitative estimate of drug-likeness (QED) is 0.713. The number of hydroxylamine groups is 2. The lowest BCUT2D eigenvalue weighted by molar-refractivity contribution is -0.282. The molecule has 0 amide bonds. The maximum atomic E-state index is 6.38. The smallest absolute Gasteiger partial charge is 0.131 e. The fraction of sp³-hybridized carbons (Fsp3) is 0.591. The molecule has 0 bridgehead atoms. The van der Waals surface area contributed by atoms with Crippen LogP contribution in [0.5, 0.6) is 0 Å². The predicted octanol–water partition coefficient (Wildman–Crippen LogP) is 4.28. The van der Waals surface area contributed by atoms with E-state index in [0.29, 0.717) is 6.61 Å². The molecule has 1 aromatic rings. The van der Waals surface area contributed by atoms with Crippen LogP contribution in [-0.4, -0.2) is 52.6 Å². The van der Waals surface area contributed by atoms with E-state index in [0.717, 1.165) is 24.5 Å². The Hall–Kier alpha value is -1.65. The third-order valence-corrected chi connectivity index (χ3v) is 5.49. The maximum Gasteiger partial charge on any atom is 0.131 e. The fourth-order valence-electron chi connectivity index (χ4n) is 4.37. The van der Waals surface area contributed by atoms with Crippen LogP contribution in [-0.2, 0) is 4.84 Å². The zero-order valence-electron chi connectivity index (χ0n) is 16.7. The van der Waals surface area contributed by atoms with Gasteiger partial charge in [0.25, 0.3) is 0 Å². The number of piperidine rings is 1. The minimum Gasteiger partial charge on any atom is -0.350 e. The van der Waals surface area contributed by atoms with Crippen molar-refractivity contribution in [1.82, 2.24) is 9.96 Å². The molecule has 3 rings (SSSR count). The molecule has 2 heterocycles. The minimum absolute atomic E-state index is 0.0626. The highest BCUT2D eigenvalue weighted by atomic mass is 16.7. The van der Waals surface area contributed by atoms with E-state index in [9.17, 15) is 0 Å². The van der Waals surface area contributed by atoms with Crippen molar-refractivity contribution in [3.63, 3.8) is 0 Å². The van der Waals surface area contributed by atoms with Crippen LogP contribution in [0.2, 0.25) is 0 Å². The summed E-state index contributed by atoms with van der Waals surface area (Å²) >= 11 is 0. The van der Waals surface area contributed by atoms with Crippen LogP contribution in [0.25, 0.3) is 0 Å². The molecule has 0 spiro atoms. The Morgan fingerprint density at radius 2 is 1.81 bits per heavy atom. The number of hydrogen-bond donors (Lipinski definition) is 0. The number of aliphatic imine (C=N–C) groups is 1. The summed E-state index contributed by atoms with van der Waals surface area (Å²) in [5.74, 6) is 1.05. The van der Waals surface area contributed by atoms with E-state index in [1.54, 1.807) is 0 Å². The van der Waals surface area contributed by atoms with Crippen LogP contribution in [0, 0.1) is 0 Å². The average Bonchev–Trinajstić information content (AvgIpc) is 2.97. The summed E-state index contributed by atoms with van der Waals surface area (Å²) in [7, 11) is 0. The van der Waals surface area contributed by atoms with Crippen molar-refractivity contribution in [3.05, 3.63) is 48.6 Å². The first kappa shape index (κ1) is 19.1. The van der Waals surface area contributed by atoms with Crippen LogP contribution < -0.4 is 0 Å². The average molecular weight is 356 g/mol. The van der Waals surface area contributed by atoms with Crippen molar-refractivity contribution in [2.75, 3.05) is 19.7 Å². The molecule has 1 atom stereocenters. The first-order chi connectivity index (χ1) is 12.3. The lowest BCUT2D eigenvalue weighted by atomic mass is 9.82. The molecule has 0 saturated carbocycles. The topological polar surface area (TPSA) is 28.1 Å². The standard InChI is InChI=1S/C22H33N3O/c1-6-15-24-16-19(23-20(24)18-11-8-7-9-12-18)17-26-25-21(2,3)13-10-14-22(25,4)5/h6-9,11-12,19H,1,10,13-17H2,2-5H3. The van der Waals surface area contributed by atoms with Crippen LogP contribution in [0.4, 0.5) is 0 Å². The molecule has 0 aliphatic carbocycles. The number of benzene rings is 1. The molecule has 0 aromatic heterocycles. The monoisotopic (exact) mass is 355 g/mol. The summed E-state index contributed by atoms with van der Waals surface area (Å²) in [5, 5.41) is 2.23.